The molecule has 2 aliphatic rings. The van der Waals surface area contributed by atoms with Crippen molar-refractivity contribution in [3.05, 3.63) is 35.9 Å². The van der Waals surface area contributed by atoms with Crippen molar-refractivity contribution >= 4 is 15.9 Å². The van der Waals surface area contributed by atoms with Crippen LogP contribution in [0.2, 0.25) is 0 Å². The molecule has 1 unspecified atom stereocenters. The van der Waals surface area contributed by atoms with Crippen LogP contribution in [-0.2, 0) is 14.8 Å². The Kier molecular flexibility index (Phi) is 6.55. The molecule has 0 spiro atoms. The normalized spacial score (nSPS) is 21.4. The van der Waals surface area contributed by atoms with Crippen molar-refractivity contribution in [2.45, 2.75) is 43.4 Å². The van der Waals surface area contributed by atoms with Crippen molar-refractivity contribution in [3.63, 3.8) is 0 Å². The number of benzene rings is 1. The molecule has 1 aliphatic heterocycles. The third kappa shape index (κ3) is 4.90. The van der Waals surface area contributed by atoms with Gasteiger partial charge in [0.05, 0.1) is 17.9 Å². The number of nitrogens with one attached hydrogen (secondary N) is 1. The van der Waals surface area contributed by atoms with Gasteiger partial charge in [0, 0.05) is 19.6 Å². The van der Waals surface area contributed by atoms with E-state index in [2.05, 4.69) is 11.4 Å². The number of amides is 1. The molecule has 1 aromatic rings. The van der Waals surface area contributed by atoms with Crippen LogP contribution in [0.5, 0.6) is 5.75 Å². The topological polar surface area (TPSA) is 75.7 Å². The second-order valence-electron chi connectivity index (χ2n) is 7.20. The Morgan fingerprint density at radius 3 is 2.67 bits per heavy atom. The van der Waals surface area contributed by atoms with Crippen LogP contribution < -0.4 is 10.1 Å². The van der Waals surface area contributed by atoms with E-state index in [1.54, 1.807) is 31.4 Å². The van der Waals surface area contributed by atoms with Crippen LogP contribution in [0.25, 0.3) is 0 Å². The molecule has 1 heterocycles. The van der Waals surface area contributed by atoms with Crippen LogP contribution in [0.4, 0.5) is 0 Å². The van der Waals surface area contributed by atoms with Crippen molar-refractivity contribution in [1.82, 2.24) is 9.62 Å². The van der Waals surface area contributed by atoms with Crippen molar-refractivity contribution in [2.75, 3.05) is 26.7 Å². The maximum absolute atomic E-state index is 12.9. The summed E-state index contributed by atoms with van der Waals surface area (Å²) in [6.07, 6.45) is 8.16. The number of carbonyl (C=O) groups excluding carboxylic acids is 1. The lowest BCUT2D eigenvalue weighted by Gasteiger charge is -2.31. The quantitative estimate of drug-likeness (QED) is 0.756. The van der Waals surface area contributed by atoms with Crippen molar-refractivity contribution in [3.8, 4) is 5.75 Å². The molecule has 7 heteroatoms. The van der Waals surface area contributed by atoms with Crippen LogP contribution in [0.15, 0.2) is 40.8 Å². The largest absolute Gasteiger partial charge is 0.497 e. The highest BCUT2D eigenvalue weighted by molar-refractivity contribution is 7.89. The van der Waals surface area contributed by atoms with Crippen molar-refractivity contribution < 1.29 is 17.9 Å². The Hall–Kier alpha value is -1.86. The Labute approximate surface area is 161 Å². The van der Waals surface area contributed by atoms with E-state index < -0.39 is 10.0 Å². The number of hydrogen-bond acceptors (Lipinski definition) is 4. The highest BCUT2D eigenvalue weighted by Crippen LogP contribution is 2.25. The van der Waals surface area contributed by atoms with Gasteiger partial charge in [-0.1, -0.05) is 11.6 Å². The van der Waals surface area contributed by atoms with E-state index >= 15 is 0 Å². The van der Waals surface area contributed by atoms with E-state index in [4.69, 9.17) is 4.74 Å². The molecule has 6 nitrogen and oxygen atoms in total. The summed E-state index contributed by atoms with van der Waals surface area (Å²) in [4.78, 5) is 12.8. The molecule has 1 amide bonds. The van der Waals surface area contributed by atoms with Gasteiger partial charge < -0.3 is 10.1 Å². The fourth-order valence-corrected chi connectivity index (χ4v) is 5.21. The fraction of sp³-hybridized carbons (Fsp3) is 0.550. The van der Waals surface area contributed by atoms with Crippen LogP contribution in [0.1, 0.15) is 38.5 Å². The van der Waals surface area contributed by atoms with Gasteiger partial charge in [0.25, 0.3) is 0 Å². The van der Waals surface area contributed by atoms with Crippen LogP contribution in [0, 0.1) is 5.92 Å². The van der Waals surface area contributed by atoms with Gasteiger partial charge in [-0.3, -0.25) is 4.79 Å². The molecule has 1 saturated heterocycles. The SMILES string of the molecule is COc1ccc(S(=O)(=O)N2CCCC(C(=O)NCC3=CCCCC3)C2)cc1. The minimum Gasteiger partial charge on any atom is -0.497 e. The number of nitrogens with zero attached hydrogens (tertiary/aromatic N) is 1. The number of carbonyl (C=O) groups is 1. The summed E-state index contributed by atoms with van der Waals surface area (Å²) in [7, 11) is -2.06. The molecular formula is C20H28N2O4S. The summed E-state index contributed by atoms with van der Waals surface area (Å²) >= 11 is 0. The first-order valence-electron chi connectivity index (χ1n) is 9.60. The zero-order valence-corrected chi connectivity index (χ0v) is 16.6. The lowest BCUT2D eigenvalue weighted by atomic mass is 9.97. The van der Waals surface area contributed by atoms with Crippen molar-refractivity contribution in [2.24, 2.45) is 5.92 Å². The van der Waals surface area contributed by atoms with E-state index in [0.717, 1.165) is 19.3 Å². The maximum atomic E-state index is 12.9. The summed E-state index contributed by atoms with van der Waals surface area (Å²) in [5, 5.41) is 3.00. The molecule has 3 rings (SSSR count). The minimum atomic E-state index is -3.60. The van der Waals surface area contributed by atoms with Gasteiger partial charge in [-0.05, 0) is 62.8 Å². The first-order valence-corrected chi connectivity index (χ1v) is 11.0. The molecule has 0 bridgehead atoms. The number of hydrogen-bond donors (Lipinski definition) is 1. The average molecular weight is 393 g/mol. The number of allylic oxidation sites excluding steroid dienone is 1. The Morgan fingerprint density at radius 2 is 2.00 bits per heavy atom. The molecule has 1 atom stereocenters. The summed E-state index contributed by atoms with van der Waals surface area (Å²) in [5.41, 5.74) is 1.29. The van der Waals surface area contributed by atoms with E-state index in [9.17, 15) is 13.2 Å². The van der Waals surface area contributed by atoms with Crippen LogP contribution >= 0.6 is 0 Å². The number of ether oxygens (including phenoxy) is 1. The minimum absolute atomic E-state index is 0.0453. The predicted molar refractivity (Wildman–Crippen MR) is 104 cm³/mol. The van der Waals surface area contributed by atoms with Gasteiger partial charge in [-0.25, -0.2) is 8.42 Å². The van der Waals surface area contributed by atoms with Gasteiger partial charge in [-0.15, -0.1) is 0 Å². The number of methoxy groups -OCH3 is 1. The monoisotopic (exact) mass is 392 g/mol. The number of rotatable bonds is 6. The first-order chi connectivity index (χ1) is 13.0. The third-order valence-corrected chi connectivity index (χ3v) is 7.21. The number of piperidine rings is 1. The third-order valence-electron chi connectivity index (χ3n) is 5.33. The second kappa shape index (κ2) is 8.89. The molecule has 0 radical (unpaired) electrons. The Bertz CT molecular complexity index is 787. The lowest BCUT2D eigenvalue weighted by molar-refractivity contribution is -0.125. The van der Waals surface area contributed by atoms with Crippen LogP contribution in [-0.4, -0.2) is 45.4 Å². The summed E-state index contributed by atoms with van der Waals surface area (Å²) < 4.78 is 32.3. The number of sulfonamides is 1. The average Bonchev–Trinajstić information content (AvgIpc) is 2.73. The van der Waals surface area contributed by atoms with Gasteiger partial charge in [0.1, 0.15) is 5.75 Å². The molecule has 27 heavy (non-hydrogen) atoms. The smallest absolute Gasteiger partial charge is 0.243 e. The highest BCUT2D eigenvalue weighted by Gasteiger charge is 2.33. The predicted octanol–water partition coefficient (Wildman–Crippen LogP) is 2.71. The van der Waals surface area contributed by atoms with Gasteiger partial charge in [0.15, 0.2) is 0 Å². The molecule has 1 aromatic carbocycles. The molecule has 1 fully saturated rings. The van der Waals surface area contributed by atoms with Gasteiger partial charge in [0.2, 0.25) is 15.9 Å². The van der Waals surface area contributed by atoms with E-state index in [1.165, 1.54) is 22.7 Å². The highest BCUT2D eigenvalue weighted by atomic mass is 32.2. The van der Waals surface area contributed by atoms with E-state index in [0.29, 0.717) is 25.3 Å². The second-order valence-corrected chi connectivity index (χ2v) is 9.14. The Balaban J connectivity index is 1.62. The molecule has 1 aliphatic carbocycles. The maximum Gasteiger partial charge on any atom is 0.243 e. The summed E-state index contributed by atoms with van der Waals surface area (Å²) in [5.74, 6) is 0.272. The van der Waals surface area contributed by atoms with E-state index in [1.807, 2.05) is 0 Å². The van der Waals surface area contributed by atoms with Gasteiger partial charge >= 0.3 is 0 Å². The molecule has 148 valence electrons. The summed E-state index contributed by atoms with van der Waals surface area (Å²) in [6, 6.07) is 6.37. The molecular weight excluding hydrogens is 364 g/mol. The van der Waals surface area contributed by atoms with Crippen LogP contribution in [0.3, 0.4) is 0 Å². The standard InChI is InChI=1S/C20H28N2O4S/c1-26-18-9-11-19(12-10-18)27(24,25)22-13-5-8-17(15-22)20(23)21-14-16-6-3-2-4-7-16/h6,9-12,17H,2-5,7-8,13-15H2,1H3,(H,21,23). The molecule has 1 N–H and O–H groups in total. The zero-order chi connectivity index (χ0) is 19.3. The van der Waals surface area contributed by atoms with Gasteiger partial charge in [-0.2, -0.15) is 4.31 Å². The van der Waals surface area contributed by atoms with Crippen molar-refractivity contribution in [1.29, 1.82) is 0 Å². The fourth-order valence-electron chi connectivity index (χ4n) is 3.68. The first kappa shape index (κ1) is 19.9. The Morgan fingerprint density at radius 1 is 1.22 bits per heavy atom. The lowest BCUT2D eigenvalue weighted by Crippen LogP contribution is -2.45. The zero-order valence-electron chi connectivity index (χ0n) is 15.8. The summed E-state index contributed by atoms with van der Waals surface area (Å²) in [6.45, 7) is 1.27. The molecule has 0 aromatic heterocycles. The molecule has 0 saturated carbocycles. The van der Waals surface area contributed by atoms with E-state index in [-0.39, 0.29) is 23.3 Å².